The predicted molar refractivity (Wildman–Crippen MR) is 72.6 cm³/mol. The largest absolute Gasteiger partial charge is 0.465 e. The summed E-state index contributed by atoms with van der Waals surface area (Å²) in [5, 5.41) is 3.04. The molecular formula is C13H27N3O2. The third-order valence-corrected chi connectivity index (χ3v) is 3.67. The monoisotopic (exact) mass is 257 g/mol. The van der Waals surface area contributed by atoms with Crippen LogP contribution >= 0.6 is 0 Å². The number of ether oxygens (including phenoxy) is 1. The van der Waals surface area contributed by atoms with Gasteiger partial charge in [0.05, 0.1) is 6.61 Å². The molecule has 1 aliphatic rings. The van der Waals surface area contributed by atoms with Crippen molar-refractivity contribution in [1.82, 2.24) is 15.1 Å². The van der Waals surface area contributed by atoms with Gasteiger partial charge in [-0.2, -0.15) is 0 Å². The summed E-state index contributed by atoms with van der Waals surface area (Å²) in [5.74, 6) is 0.487. The second-order valence-corrected chi connectivity index (χ2v) is 5.32. The lowest BCUT2D eigenvalue weighted by Crippen LogP contribution is -2.45. The number of esters is 1. The Morgan fingerprint density at radius 2 is 2.17 bits per heavy atom. The molecule has 3 atom stereocenters. The van der Waals surface area contributed by atoms with E-state index in [4.69, 9.17) is 4.74 Å². The summed E-state index contributed by atoms with van der Waals surface area (Å²) in [5.41, 5.74) is 0. The van der Waals surface area contributed by atoms with E-state index in [-0.39, 0.29) is 12.0 Å². The van der Waals surface area contributed by atoms with Crippen LogP contribution in [0.5, 0.6) is 0 Å². The zero-order valence-electron chi connectivity index (χ0n) is 12.3. The molecule has 0 aromatic heterocycles. The molecule has 1 rings (SSSR count). The molecule has 1 saturated heterocycles. The van der Waals surface area contributed by atoms with Gasteiger partial charge < -0.3 is 15.0 Å². The van der Waals surface area contributed by atoms with Crippen molar-refractivity contribution < 1.29 is 9.53 Å². The van der Waals surface area contributed by atoms with Crippen molar-refractivity contribution in [3.8, 4) is 0 Å². The van der Waals surface area contributed by atoms with Gasteiger partial charge in [-0.05, 0) is 34.0 Å². The molecule has 0 aromatic rings. The fraction of sp³-hybridized carbons (Fsp3) is 0.923. The lowest BCUT2D eigenvalue weighted by molar-refractivity contribution is -0.146. The van der Waals surface area contributed by atoms with Crippen LogP contribution in [-0.4, -0.2) is 75.2 Å². The highest BCUT2D eigenvalue weighted by atomic mass is 16.5. The van der Waals surface area contributed by atoms with Gasteiger partial charge in [0, 0.05) is 25.7 Å². The Morgan fingerprint density at radius 3 is 2.61 bits per heavy atom. The van der Waals surface area contributed by atoms with Crippen molar-refractivity contribution >= 4 is 5.97 Å². The molecule has 1 fully saturated rings. The molecule has 5 nitrogen and oxygen atoms in total. The van der Waals surface area contributed by atoms with E-state index in [1.54, 1.807) is 0 Å². The van der Waals surface area contributed by atoms with Gasteiger partial charge in [0.1, 0.15) is 6.04 Å². The molecule has 1 N–H and O–H groups in total. The van der Waals surface area contributed by atoms with E-state index >= 15 is 0 Å². The van der Waals surface area contributed by atoms with Gasteiger partial charge in [0.2, 0.25) is 0 Å². The lowest BCUT2D eigenvalue weighted by Gasteiger charge is -2.24. The molecule has 0 bridgehead atoms. The molecule has 5 heteroatoms. The Morgan fingerprint density at radius 1 is 1.50 bits per heavy atom. The van der Waals surface area contributed by atoms with Crippen LogP contribution in [0.3, 0.4) is 0 Å². The summed E-state index contributed by atoms with van der Waals surface area (Å²) in [4.78, 5) is 16.3. The molecule has 0 spiro atoms. The molecule has 0 saturated carbocycles. The molecule has 1 aliphatic heterocycles. The number of nitrogens with one attached hydrogen (secondary N) is 1. The van der Waals surface area contributed by atoms with Crippen LogP contribution in [-0.2, 0) is 9.53 Å². The number of carbonyl (C=O) groups is 1. The van der Waals surface area contributed by atoms with Gasteiger partial charge in [-0.1, -0.05) is 6.92 Å². The van der Waals surface area contributed by atoms with Crippen molar-refractivity contribution in [3.05, 3.63) is 0 Å². The highest BCUT2D eigenvalue weighted by Crippen LogP contribution is 2.20. The van der Waals surface area contributed by atoms with Crippen LogP contribution in [0, 0.1) is 5.92 Å². The number of nitrogens with zero attached hydrogens (tertiary/aromatic N) is 2. The maximum absolute atomic E-state index is 11.7. The first-order chi connectivity index (χ1) is 8.49. The molecule has 18 heavy (non-hydrogen) atoms. The smallest absolute Gasteiger partial charge is 0.324 e. The van der Waals surface area contributed by atoms with Gasteiger partial charge >= 0.3 is 5.97 Å². The zero-order chi connectivity index (χ0) is 13.7. The number of hydrogen-bond acceptors (Lipinski definition) is 5. The minimum Gasteiger partial charge on any atom is -0.465 e. The molecular weight excluding hydrogens is 230 g/mol. The summed E-state index contributed by atoms with van der Waals surface area (Å²) >= 11 is 0. The minimum absolute atomic E-state index is 0.152. The van der Waals surface area contributed by atoms with E-state index in [1.807, 2.05) is 14.0 Å². The van der Waals surface area contributed by atoms with Crippen molar-refractivity contribution in [3.63, 3.8) is 0 Å². The van der Waals surface area contributed by atoms with E-state index in [2.05, 4.69) is 36.1 Å². The Labute approximate surface area is 110 Å². The fourth-order valence-corrected chi connectivity index (χ4v) is 2.65. The molecule has 0 aliphatic carbocycles. The van der Waals surface area contributed by atoms with Crippen molar-refractivity contribution in [2.24, 2.45) is 5.92 Å². The van der Waals surface area contributed by atoms with Crippen molar-refractivity contribution in [2.75, 3.05) is 47.4 Å². The maximum Gasteiger partial charge on any atom is 0.324 e. The number of carbonyl (C=O) groups excluding carboxylic acids is 1. The molecule has 0 amide bonds. The Kier molecular flexibility index (Phi) is 6.05. The Bertz CT molecular complexity index is 271. The highest BCUT2D eigenvalue weighted by Gasteiger charge is 2.33. The fourth-order valence-electron chi connectivity index (χ4n) is 2.65. The molecule has 0 aromatic carbocycles. The third kappa shape index (κ3) is 3.93. The average molecular weight is 257 g/mol. The Balaban J connectivity index is 2.49. The molecule has 0 radical (unpaired) electrons. The topological polar surface area (TPSA) is 44.8 Å². The normalized spacial score (nSPS) is 26.6. The van der Waals surface area contributed by atoms with Crippen molar-refractivity contribution in [1.29, 1.82) is 0 Å². The Hall–Kier alpha value is -0.650. The first-order valence-corrected chi connectivity index (χ1v) is 6.72. The highest BCUT2D eigenvalue weighted by molar-refractivity contribution is 5.76. The van der Waals surface area contributed by atoms with Gasteiger partial charge in [-0.3, -0.25) is 9.69 Å². The summed E-state index contributed by atoms with van der Waals surface area (Å²) in [6, 6.07) is 0.350. The van der Waals surface area contributed by atoms with E-state index < -0.39 is 0 Å². The molecule has 3 unspecified atom stereocenters. The average Bonchev–Trinajstić information content (AvgIpc) is 2.67. The maximum atomic E-state index is 11.7. The van der Waals surface area contributed by atoms with Gasteiger partial charge in [-0.25, -0.2) is 0 Å². The van der Waals surface area contributed by atoms with Gasteiger partial charge in [0.25, 0.3) is 0 Å². The number of likely N-dealkylation sites (N-methyl/N-ethyl adjacent to an activating group) is 2. The van der Waals surface area contributed by atoms with Crippen LogP contribution in [0.4, 0.5) is 0 Å². The van der Waals surface area contributed by atoms with Crippen LogP contribution < -0.4 is 5.32 Å². The number of likely N-dealkylation sites (tertiary alicyclic amines) is 1. The third-order valence-electron chi connectivity index (χ3n) is 3.67. The standard InChI is InChI=1S/C13H27N3O2/c1-6-18-13(17)11(14-3)8-16-7-10(2)12(9-16)15(4)5/h10-12,14H,6-9H2,1-5H3. The van der Waals surface area contributed by atoms with E-state index in [0.29, 0.717) is 18.6 Å². The summed E-state index contributed by atoms with van der Waals surface area (Å²) in [6.07, 6.45) is 0. The summed E-state index contributed by atoms with van der Waals surface area (Å²) < 4.78 is 5.07. The predicted octanol–water partition coefficient (Wildman–Crippen LogP) is 0.0194. The summed E-state index contributed by atoms with van der Waals surface area (Å²) in [6.45, 7) is 7.33. The van der Waals surface area contributed by atoms with Crippen molar-refractivity contribution in [2.45, 2.75) is 25.9 Å². The van der Waals surface area contributed by atoms with E-state index in [9.17, 15) is 4.79 Å². The second kappa shape index (κ2) is 7.07. The number of hydrogen-bond donors (Lipinski definition) is 1. The van der Waals surface area contributed by atoms with Crippen LogP contribution in [0.25, 0.3) is 0 Å². The van der Waals surface area contributed by atoms with Crippen LogP contribution in [0.2, 0.25) is 0 Å². The quantitative estimate of drug-likeness (QED) is 0.680. The molecule has 1 heterocycles. The second-order valence-electron chi connectivity index (χ2n) is 5.32. The zero-order valence-corrected chi connectivity index (χ0v) is 12.3. The first kappa shape index (κ1) is 15.4. The van der Waals surface area contributed by atoms with Gasteiger partial charge in [0.15, 0.2) is 0 Å². The van der Waals surface area contributed by atoms with Gasteiger partial charge in [-0.15, -0.1) is 0 Å². The van der Waals surface area contributed by atoms with E-state index in [1.165, 1.54) is 0 Å². The van der Waals surface area contributed by atoms with Crippen LogP contribution in [0.15, 0.2) is 0 Å². The molecule has 106 valence electrons. The van der Waals surface area contributed by atoms with E-state index in [0.717, 1.165) is 19.6 Å². The first-order valence-electron chi connectivity index (χ1n) is 6.72. The lowest BCUT2D eigenvalue weighted by atomic mass is 10.1. The minimum atomic E-state index is -0.224. The van der Waals surface area contributed by atoms with Crippen LogP contribution in [0.1, 0.15) is 13.8 Å². The number of rotatable bonds is 6. The SMILES string of the molecule is CCOC(=O)C(CN1CC(C)C(N(C)C)C1)NC. The summed E-state index contributed by atoms with van der Waals surface area (Å²) in [7, 11) is 6.04.